The molecule has 1 amide bonds. The Kier molecular flexibility index (Phi) is 4.84. The molecule has 3 heteroatoms. The van der Waals surface area contributed by atoms with Crippen molar-refractivity contribution in [3.63, 3.8) is 0 Å². The van der Waals surface area contributed by atoms with Crippen LogP contribution in [0.25, 0.3) is 10.4 Å². The Morgan fingerprint density at radius 1 is 1.00 bits per heavy atom. The zero-order valence-corrected chi connectivity index (χ0v) is 14.2. The second-order valence-corrected chi connectivity index (χ2v) is 7.14. The molecule has 0 fully saturated rings. The average Bonchev–Trinajstić information content (AvgIpc) is 2.84. The molecule has 0 aliphatic carbocycles. The second-order valence-electron chi connectivity index (χ2n) is 5.86. The first-order chi connectivity index (χ1) is 9.91. The number of hydrogen-bond donors (Lipinski definition) is 0. The standard InChI is InChI=1S/C18H23NOS/c1-12(2)19(13(3)4)18(20)16-9-7-6-8-15(16)17-11-10-14(5)21-17/h6-13H,1-5H3. The molecule has 1 heterocycles. The molecule has 0 unspecified atom stereocenters. The van der Waals surface area contributed by atoms with Crippen LogP contribution in [0.1, 0.15) is 42.9 Å². The minimum atomic E-state index is 0.113. The lowest BCUT2D eigenvalue weighted by molar-refractivity contribution is 0.0644. The molecule has 2 aromatic rings. The van der Waals surface area contributed by atoms with Gasteiger partial charge in [-0.2, -0.15) is 0 Å². The maximum atomic E-state index is 13.0. The number of thiophene rings is 1. The van der Waals surface area contributed by atoms with Crippen molar-refractivity contribution in [1.29, 1.82) is 0 Å². The first kappa shape index (κ1) is 15.8. The van der Waals surface area contributed by atoms with E-state index in [1.807, 2.05) is 29.2 Å². The number of amides is 1. The highest BCUT2D eigenvalue weighted by Crippen LogP contribution is 2.31. The van der Waals surface area contributed by atoms with Crippen LogP contribution in [0.2, 0.25) is 0 Å². The molecule has 0 N–H and O–H groups in total. The summed E-state index contributed by atoms with van der Waals surface area (Å²) in [5, 5.41) is 0. The summed E-state index contributed by atoms with van der Waals surface area (Å²) in [7, 11) is 0. The van der Waals surface area contributed by atoms with E-state index in [0.29, 0.717) is 0 Å². The van der Waals surface area contributed by atoms with Crippen LogP contribution in [0.5, 0.6) is 0 Å². The fraction of sp³-hybridized carbons (Fsp3) is 0.389. The molecule has 0 spiro atoms. The van der Waals surface area contributed by atoms with E-state index in [-0.39, 0.29) is 18.0 Å². The summed E-state index contributed by atoms with van der Waals surface area (Å²) in [6.45, 7) is 10.4. The largest absolute Gasteiger partial charge is 0.334 e. The van der Waals surface area contributed by atoms with Crippen molar-refractivity contribution in [3.05, 3.63) is 46.8 Å². The Morgan fingerprint density at radius 2 is 1.62 bits per heavy atom. The van der Waals surface area contributed by atoms with E-state index < -0.39 is 0 Å². The summed E-state index contributed by atoms with van der Waals surface area (Å²) < 4.78 is 0. The molecule has 1 aromatic heterocycles. The molecule has 0 aliphatic heterocycles. The summed E-state index contributed by atoms with van der Waals surface area (Å²) in [5.74, 6) is 0.113. The second kappa shape index (κ2) is 6.44. The third-order valence-electron chi connectivity index (χ3n) is 3.51. The highest BCUT2D eigenvalue weighted by molar-refractivity contribution is 7.15. The number of carbonyl (C=O) groups is 1. The van der Waals surface area contributed by atoms with Gasteiger partial charge in [0.15, 0.2) is 0 Å². The van der Waals surface area contributed by atoms with Crippen LogP contribution >= 0.6 is 11.3 Å². The molecule has 0 atom stereocenters. The minimum Gasteiger partial charge on any atom is -0.334 e. The van der Waals surface area contributed by atoms with Crippen molar-refractivity contribution in [2.45, 2.75) is 46.7 Å². The van der Waals surface area contributed by atoms with Gasteiger partial charge in [-0.15, -0.1) is 11.3 Å². The van der Waals surface area contributed by atoms with E-state index in [4.69, 9.17) is 0 Å². The van der Waals surface area contributed by atoms with E-state index in [0.717, 1.165) is 16.0 Å². The summed E-state index contributed by atoms with van der Waals surface area (Å²) in [5.41, 5.74) is 1.83. The molecular weight excluding hydrogens is 278 g/mol. The van der Waals surface area contributed by atoms with E-state index in [2.05, 4.69) is 46.8 Å². The third-order valence-corrected chi connectivity index (χ3v) is 4.54. The Balaban J connectivity index is 2.47. The quantitative estimate of drug-likeness (QED) is 0.779. The number of nitrogens with zero attached hydrogens (tertiary/aromatic N) is 1. The van der Waals surface area contributed by atoms with Gasteiger partial charge in [0.2, 0.25) is 0 Å². The SMILES string of the molecule is Cc1ccc(-c2ccccc2C(=O)N(C(C)C)C(C)C)s1. The molecule has 0 bridgehead atoms. The molecule has 0 saturated heterocycles. The molecular formula is C18H23NOS. The van der Waals surface area contributed by atoms with Gasteiger partial charge in [0.05, 0.1) is 0 Å². The predicted octanol–water partition coefficient (Wildman–Crippen LogP) is 4.98. The van der Waals surface area contributed by atoms with Gasteiger partial charge in [-0.1, -0.05) is 18.2 Å². The molecule has 112 valence electrons. The normalized spacial score (nSPS) is 11.2. The van der Waals surface area contributed by atoms with E-state index in [1.54, 1.807) is 11.3 Å². The van der Waals surface area contributed by atoms with Crippen LogP contribution in [0.4, 0.5) is 0 Å². The lowest BCUT2D eigenvalue weighted by Gasteiger charge is -2.31. The van der Waals surface area contributed by atoms with Crippen molar-refractivity contribution < 1.29 is 4.79 Å². The van der Waals surface area contributed by atoms with Crippen LogP contribution < -0.4 is 0 Å². The summed E-state index contributed by atoms with van der Waals surface area (Å²) >= 11 is 1.73. The van der Waals surface area contributed by atoms with Crippen LogP contribution in [-0.2, 0) is 0 Å². The molecule has 0 aliphatic rings. The Hall–Kier alpha value is -1.61. The summed E-state index contributed by atoms with van der Waals surface area (Å²) in [6.07, 6.45) is 0. The Labute approximate surface area is 131 Å². The van der Waals surface area contributed by atoms with E-state index in [9.17, 15) is 4.79 Å². The van der Waals surface area contributed by atoms with E-state index in [1.165, 1.54) is 4.88 Å². The molecule has 1 aromatic carbocycles. The van der Waals surface area contributed by atoms with Gasteiger partial charge in [-0.25, -0.2) is 0 Å². The number of carbonyl (C=O) groups excluding carboxylic acids is 1. The number of benzene rings is 1. The fourth-order valence-electron chi connectivity index (χ4n) is 2.67. The topological polar surface area (TPSA) is 20.3 Å². The Bertz CT molecular complexity index is 620. The van der Waals surface area contributed by atoms with Crippen LogP contribution in [0.15, 0.2) is 36.4 Å². The van der Waals surface area contributed by atoms with E-state index >= 15 is 0 Å². The molecule has 21 heavy (non-hydrogen) atoms. The predicted molar refractivity (Wildman–Crippen MR) is 90.9 cm³/mol. The molecule has 2 nitrogen and oxygen atoms in total. The van der Waals surface area contributed by atoms with Crippen molar-refractivity contribution in [2.75, 3.05) is 0 Å². The van der Waals surface area contributed by atoms with Gasteiger partial charge in [0, 0.05) is 33.0 Å². The van der Waals surface area contributed by atoms with Crippen molar-refractivity contribution in [1.82, 2.24) is 4.90 Å². The summed E-state index contributed by atoms with van der Waals surface area (Å²) in [6, 6.07) is 12.5. The fourth-order valence-corrected chi connectivity index (χ4v) is 3.58. The third kappa shape index (κ3) is 3.35. The highest BCUT2D eigenvalue weighted by Gasteiger charge is 2.24. The first-order valence-corrected chi connectivity index (χ1v) is 8.22. The highest BCUT2D eigenvalue weighted by atomic mass is 32.1. The van der Waals surface area contributed by atoms with Gasteiger partial charge in [0.25, 0.3) is 5.91 Å². The minimum absolute atomic E-state index is 0.113. The number of aryl methyl sites for hydroxylation is 1. The van der Waals surface area contributed by atoms with Crippen LogP contribution in [-0.4, -0.2) is 22.9 Å². The van der Waals surface area contributed by atoms with Crippen LogP contribution in [0.3, 0.4) is 0 Å². The zero-order valence-electron chi connectivity index (χ0n) is 13.4. The van der Waals surface area contributed by atoms with Crippen molar-refractivity contribution in [3.8, 4) is 10.4 Å². The van der Waals surface area contributed by atoms with Gasteiger partial charge in [0.1, 0.15) is 0 Å². The monoisotopic (exact) mass is 301 g/mol. The smallest absolute Gasteiger partial charge is 0.254 e. The number of hydrogen-bond acceptors (Lipinski definition) is 2. The number of rotatable bonds is 4. The van der Waals surface area contributed by atoms with Crippen LogP contribution in [0, 0.1) is 6.92 Å². The molecule has 0 saturated carbocycles. The lowest BCUT2D eigenvalue weighted by atomic mass is 10.0. The average molecular weight is 301 g/mol. The van der Waals surface area contributed by atoms with Gasteiger partial charge < -0.3 is 4.90 Å². The first-order valence-electron chi connectivity index (χ1n) is 7.40. The Morgan fingerprint density at radius 3 is 2.14 bits per heavy atom. The maximum absolute atomic E-state index is 13.0. The van der Waals surface area contributed by atoms with Crippen molar-refractivity contribution >= 4 is 17.2 Å². The summed E-state index contributed by atoms with van der Waals surface area (Å²) in [4.78, 5) is 17.3. The molecule has 0 radical (unpaired) electrons. The maximum Gasteiger partial charge on any atom is 0.254 e. The van der Waals surface area contributed by atoms with Crippen molar-refractivity contribution in [2.24, 2.45) is 0 Å². The lowest BCUT2D eigenvalue weighted by Crippen LogP contribution is -2.42. The zero-order chi connectivity index (χ0) is 15.6. The van der Waals surface area contributed by atoms with Gasteiger partial charge in [-0.05, 0) is 52.8 Å². The van der Waals surface area contributed by atoms with Gasteiger partial charge >= 0.3 is 0 Å². The van der Waals surface area contributed by atoms with Gasteiger partial charge in [-0.3, -0.25) is 4.79 Å². The molecule has 2 rings (SSSR count).